The number of carbonyl (C=O) groups excluding carboxylic acids is 1. The number of hydrogen-bond acceptors (Lipinski definition) is 4. The van der Waals surface area contributed by atoms with Gasteiger partial charge in [0.1, 0.15) is 0 Å². The fourth-order valence-corrected chi connectivity index (χ4v) is 5.12. The highest BCUT2D eigenvalue weighted by Gasteiger charge is 2.67. The van der Waals surface area contributed by atoms with E-state index in [1.807, 2.05) is 12.1 Å². The average Bonchev–Trinajstić information content (AvgIpc) is 2.99. The Hall–Kier alpha value is -2.70. The first kappa shape index (κ1) is 14.6. The highest BCUT2D eigenvalue weighted by molar-refractivity contribution is 5.95. The number of aromatic carboxylic acids is 1. The molecule has 1 aromatic carbocycles. The summed E-state index contributed by atoms with van der Waals surface area (Å²) in [6.07, 6.45) is 5.27. The van der Waals surface area contributed by atoms with Crippen molar-refractivity contribution in [2.24, 2.45) is 29.6 Å². The summed E-state index contributed by atoms with van der Waals surface area (Å²) in [6, 6.07) is 7.22. The number of fused-ring (bicyclic) bond motifs is 5. The smallest absolute Gasteiger partial charge is 0.358 e. The number of amides is 1. The molecule has 25 heavy (non-hydrogen) atoms. The van der Waals surface area contributed by atoms with E-state index >= 15 is 0 Å². The van der Waals surface area contributed by atoms with Crippen LogP contribution in [0.2, 0.25) is 0 Å². The molecule has 0 spiro atoms. The molecule has 7 nitrogen and oxygen atoms in total. The Bertz CT molecular complexity index is 861. The van der Waals surface area contributed by atoms with Gasteiger partial charge < -0.3 is 10.4 Å². The Morgan fingerprint density at radius 3 is 2.64 bits per heavy atom. The van der Waals surface area contributed by atoms with Crippen LogP contribution < -0.4 is 5.32 Å². The Morgan fingerprint density at radius 2 is 1.96 bits per heavy atom. The Balaban J connectivity index is 1.32. The molecular formula is C18H18N4O3. The van der Waals surface area contributed by atoms with Crippen molar-refractivity contribution in [2.45, 2.75) is 19.3 Å². The van der Waals surface area contributed by atoms with E-state index in [9.17, 15) is 9.59 Å². The number of anilines is 1. The highest BCUT2D eigenvalue weighted by Crippen LogP contribution is 2.69. The maximum absolute atomic E-state index is 12.6. The third-order valence-electron chi connectivity index (χ3n) is 6.13. The van der Waals surface area contributed by atoms with E-state index in [1.54, 1.807) is 12.1 Å². The molecular weight excluding hydrogens is 320 g/mol. The first-order chi connectivity index (χ1) is 12.1. The van der Waals surface area contributed by atoms with Crippen molar-refractivity contribution >= 4 is 17.6 Å². The van der Waals surface area contributed by atoms with Crippen LogP contribution in [0.25, 0.3) is 5.69 Å². The van der Waals surface area contributed by atoms with E-state index in [0.29, 0.717) is 23.2 Å². The predicted molar refractivity (Wildman–Crippen MR) is 88.2 cm³/mol. The molecule has 1 heterocycles. The number of carboxylic acids is 1. The lowest BCUT2D eigenvalue weighted by Gasteiger charge is -2.10. The van der Waals surface area contributed by atoms with E-state index in [-0.39, 0.29) is 17.5 Å². The minimum absolute atomic E-state index is 0.115. The third-order valence-corrected chi connectivity index (χ3v) is 6.13. The van der Waals surface area contributed by atoms with Crippen LogP contribution in [0.5, 0.6) is 0 Å². The molecule has 4 unspecified atom stereocenters. The summed E-state index contributed by atoms with van der Waals surface area (Å²) in [5, 5.41) is 19.4. The summed E-state index contributed by atoms with van der Waals surface area (Å²) < 4.78 is 1.39. The van der Waals surface area contributed by atoms with E-state index in [0.717, 1.165) is 11.8 Å². The summed E-state index contributed by atoms with van der Waals surface area (Å²) in [6.45, 7) is 0. The van der Waals surface area contributed by atoms with Gasteiger partial charge in [0.15, 0.2) is 5.69 Å². The maximum Gasteiger partial charge on any atom is 0.358 e. The van der Waals surface area contributed by atoms with Crippen molar-refractivity contribution in [3.05, 3.63) is 36.2 Å². The number of benzene rings is 1. The fraction of sp³-hybridized carbons (Fsp3) is 0.444. The molecule has 0 saturated heterocycles. The number of carboxylic acid groups (broad SMARTS) is 1. The summed E-state index contributed by atoms with van der Waals surface area (Å²) in [7, 11) is 0. The SMILES string of the molecule is O=C(O)c1cn(-c2cccc(NC(=O)C3C4C5CCC(C5)C34)c2)nn1. The number of carbonyl (C=O) groups is 2. The molecule has 3 fully saturated rings. The minimum Gasteiger partial charge on any atom is -0.476 e. The van der Waals surface area contributed by atoms with Crippen LogP contribution in [-0.4, -0.2) is 32.0 Å². The molecule has 4 atom stereocenters. The van der Waals surface area contributed by atoms with Crippen LogP contribution in [0.4, 0.5) is 5.69 Å². The van der Waals surface area contributed by atoms with Gasteiger partial charge in [-0.2, -0.15) is 0 Å². The van der Waals surface area contributed by atoms with Crippen molar-refractivity contribution in [1.82, 2.24) is 15.0 Å². The Morgan fingerprint density at radius 1 is 1.20 bits per heavy atom. The fourth-order valence-electron chi connectivity index (χ4n) is 5.12. The lowest BCUT2D eigenvalue weighted by molar-refractivity contribution is -0.118. The van der Waals surface area contributed by atoms with Gasteiger partial charge >= 0.3 is 5.97 Å². The second-order valence-corrected chi connectivity index (χ2v) is 7.41. The Labute approximate surface area is 144 Å². The maximum atomic E-state index is 12.6. The van der Waals surface area contributed by atoms with Crippen LogP contribution in [0.15, 0.2) is 30.5 Å². The van der Waals surface area contributed by atoms with Crippen molar-refractivity contribution in [3.8, 4) is 5.69 Å². The van der Waals surface area contributed by atoms with Gasteiger partial charge in [-0.25, -0.2) is 9.48 Å². The molecule has 2 bridgehead atoms. The number of rotatable bonds is 4. The van der Waals surface area contributed by atoms with E-state index < -0.39 is 5.97 Å². The van der Waals surface area contributed by atoms with Gasteiger partial charge in [-0.15, -0.1) is 5.10 Å². The number of nitrogens with one attached hydrogen (secondary N) is 1. The van der Waals surface area contributed by atoms with Crippen molar-refractivity contribution in [3.63, 3.8) is 0 Å². The lowest BCUT2D eigenvalue weighted by Crippen LogP contribution is -2.18. The zero-order valence-corrected chi connectivity index (χ0v) is 13.5. The number of hydrogen-bond donors (Lipinski definition) is 2. The van der Waals surface area contributed by atoms with E-state index in [1.165, 1.54) is 30.1 Å². The summed E-state index contributed by atoms with van der Waals surface area (Å²) >= 11 is 0. The Kier molecular flexibility index (Phi) is 3.01. The van der Waals surface area contributed by atoms with Crippen molar-refractivity contribution in [2.75, 3.05) is 5.32 Å². The largest absolute Gasteiger partial charge is 0.476 e. The second kappa shape index (κ2) is 5.15. The standard InChI is InChI=1S/C18H18N4O3/c23-17(16-14-9-4-5-10(6-9)15(14)16)19-11-2-1-3-12(7-11)22-8-13(18(24)25)20-21-22/h1-3,7-10,14-16H,4-6H2,(H,19,23)(H,24,25). The number of nitrogens with zero attached hydrogens (tertiary/aromatic N) is 3. The third kappa shape index (κ3) is 2.26. The van der Waals surface area contributed by atoms with Gasteiger partial charge in [-0.05, 0) is 61.1 Å². The first-order valence-corrected chi connectivity index (χ1v) is 8.69. The topological polar surface area (TPSA) is 97.1 Å². The van der Waals surface area contributed by atoms with Gasteiger partial charge in [0.2, 0.25) is 5.91 Å². The van der Waals surface area contributed by atoms with Crippen LogP contribution in [-0.2, 0) is 4.79 Å². The molecule has 5 rings (SSSR count). The molecule has 2 aromatic rings. The quantitative estimate of drug-likeness (QED) is 0.891. The monoisotopic (exact) mass is 338 g/mol. The van der Waals surface area contributed by atoms with Crippen LogP contribution >= 0.6 is 0 Å². The average molecular weight is 338 g/mol. The normalized spacial score (nSPS) is 31.6. The minimum atomic E-state index is -1.12. The molecule has 1 amide bonds. The zero-order valence-electron chi connectivity index (χ0n) is 13.5. The van der Waals surface area contributed by atoms with Crippen LogP contribution in [0, 0.1) is 29.6 Å². The molecule has 0 radical (unpaired) electrons. The highest BCUT2D eigenvalue weighted by atomic mass is 16.4. The lowest BCUT2D eigenvalue weighted by atomic mass is 10.0. The van der Waals surface area contributed by atoms with Crippen LogP contribution in [0.3, 0.4) is 0 Å². The molecule has 3 aliphatic rings. The van der Waals surface area contributed by atoms with Crippen molar-refractivity contribution < 1.29 is 14.7 Å². The molecule has 128 valence electrons. The van der Waals surface area contributed by atoms with Gasteiger partial charge in [0.05, 0.1) is 11.9 Å². The first-order valence-electron chi connectivity index (χ1n) is 8.69. The summed E-state index contributed by atoms with van der Waals surface area (Å²) in [4.78, 5) is 23.5. The molecule has 3 saturated carbocycles. The van der Waals surface area contributed by atoms with Gasteiger partial charge in [0.25, 0.3) is 0 Å². The van der Waals surface area contributed by atoms with E-state index in [4.69, 9.17) is 5.11 Å². The van der Waals surface area contributed by atoms with Crippen LogP contribution in [0.1, 0.15) is 29.8 Å². The molecule has 2 N–H and O–H groups in total. The number of aromatic nitrogens is 3. The van der Waals surface area contributed by atoms with Gasteiger partial charge in [-0.1, -0.05) is 11.3 Å². The van der Waals surface area contributed by atoms with Gasteiger partial charge in [0, 0.05) is 11.6 Å². The predicted octanol–water partition coefficient (Wildman–Crippen LogP) is 2.20. The van der Waals surface area contributed by atoms with Crippen molar-refractivity contribution in [1.29, 1.82) is 0 Å². The summed E-state index contributed by atoms with van der Waals surface area (Å²) in [5.41, 5.74) is 1.25. The molecule has 0 aliphatic heterocycles. The molecule has 7 heteroatoms. The zero-order chi connectivity index (χ0) is 17.1. The molecule has 3 aliphatic carbocycles. The van der Waals surface area contributed by atoms with E-state index in [2.05, 4.69) is 15.6 Å². The second-order valence-electron chi connectivity index (χ2n) is 7.41. The molecule has 1 aromatic heterocycles. The summed E-state index contributed by atoms with van der Waals surface area (Å²) in [5.74, 6) is 1.92. The van der Waals surface area contributed by atoms with Gasteiger partial charge in [-0.3, -0.25) is 4.79 Å².